The van der Waals surface area contributed by atoms with Gasteiger partial charge in [-0.05, 0) is 25.7 Å². The van der Waals surface area contributed by atoms with Crippen LogP contribution in [-0.2, 0) is 13.5 Å². The van der Waals surface area contributed by atoms with Crippen molar-refractivity contribution in [3.63, 3.8) is 0 Å². The number of rotatable bonds is 4. The van der Waals surface area contributed by atoms with Crippen molar-refractivity contribution in [3.8, 4) is 0 Å². The third-order valence-electron chi connectivity index (χ3n) is 3.35. The van der Waals surface area contributed by atoms with E-state index in [0.717, 1.165) is 31.4 Å². The highest BCUT2D eigenvalue weighted by Crippen LogP contribution is 2.30. The van der Waals surface area contributed by atoms with Crippen LogP contribution in [0.15, 0.2) is 6.20 Å². The number of amides is 1. The SMILES string of the molecule is CCc1nn(C)cc1C(=O)NCC1(O)CCC1. The van der Waals surface area contributed by atoms with E-state index in [-0.39, 0.29) is 5.91 Å². The molecule has 1 saturated carbocycles. The van der Waals surface area contributed by atoms with Gasteiger partial charge < -0.3 is 10.4 Å². The second-order valence-electron chi connectivity index (χ2n) is 4.78. The summed E-state index contributed by atoms with van der Waals surface area (Å²) in [5.41, 5.74) is 0.730. The van der Waals surface area contributed by atoms with Gasteiger partial charge >= 0.3 is 0 Å². The summed E-state index contributed by atoms with van der Waals surface area (Å²) in [6, 6.07) is 0. The van der Waals surface area contributed by atoms with Crippen LogP contribution in [0.4, 0.5) is 0 Å². The molecule has 0 spiro atoms. The van der Waals surface area contributed by atoms with Gasteiger partial charge in [0.25, 0.3) is 5.91 Å². The topological polar surface area (TPSA) is 67.2 Å². The Labute approximate surface area is 101 Å². The van der Waals surface area contributed by atoms with Gasteiger partial charge in [0, 0.05) is 19.8 Å². The predicted octanol–water partition coefficient (Wildman–Crippen LogP) is 0.627. The third kappa shape index (κ3) is 2.49. The summed E-state index contributed by atoms with van der Waals surface area (Å²) in [7, 11) is 1.80. The Morgan fingerprint density at radius 1 is 1.65 bits per heavy atom. The molecule has 2 rings (SSSR count). The molecule has 0 radical (unpaired) electrons. The monoisotopic (exact) mass is 237 g/mol. The summed E-state index contributed by atoms with van der Waals surface area (Å²) in [6.07, 6.45) is 5.05. The Hall–Kier alpha value is -1.36. The van der Waals surface area contributed by atoms with E-state index in [1.165, 1.54) is 0 Å². The van der Waals surface area contributed by atoms with Gasteiger partial charge in [0.1, 0.15) is 0 Å². The zero-order chi connectivity index (χ0) is 12.5. The van der Waals surface area contributed by atoms with Gasteiger partial charge in [0.15, 0.2) is 0 Å². The Morgan fingerprint density at radius 3 is 2.88 bits per heavy atom. The summed E-state index contributed by atoms with van der Waals surface area (Å²) in [5, 5.41) is 16.9. The lowest BCUT2D eigenvalue weighted by molar-refractivity contribution is -0.0300. The average molecular weight is 237 g/mol. The van der Waals surface area contributed by atoms with Crippen molar-refractivity contribution in [3.05, 3.63) is 17.5 Å². The fraction of sp³-hybridized carbons (Fsp3) is 0.667. The summed E-state index contributed by atoms with van der Waals surface area (Å²) in [6.45, 7) is 2.31. The number of aryl methyl sites for hydroxylation is 2. The molecule has 0 saturated heterocycles. The maximum absolute atomic E-state index is 11.9. The van der Waals surface area contributed by atoms with Crippen LogP contribution in [-0.4, -0.2) is 32.9 Å². The summed E-state index contributed by atoms with van der Waals surface area (Å²) < 4.78 is 1.64. The number of carbonyl (C=O) groups excluding carboxylic acids is 1. The highest BCUT2D eigenvalue weighted by molar-refractivity contribution is 5.95. The molecule has 5 nitrogen and oxygen atoms in total. The molecule has 0 bridgehead atoms. The van der Waals surface area contributed by atoms with Crippen LogP contribution in [0.25, 0.3) is 0 Å². The number of hydrogen-bond donors (Lipinski definition) is 2. The lowest BCUT2D eigenvalue weighted by atomic mass is 9.80. The number of nitrogens with zero attached hydrogens (tertiary/aromatic N) is 2. The van der Waals surface area contributed by atoms with Gasteiger partial charge in [0.2, 0.25) is 0 Å². The fourth-order valence-electron chi connectivity index (χ4n) is 2.09. The van der Waals surface area contributed by atoms with Gasteiger partial charge in [-0.3, -0.25) is 9.48 Å². The second kappa shape index (κ2) is 4.49. The molecule has 0 aromatic carbocycles. The highest BCUT2D eigenvalue weighted by Gasteiger charge is 2.34. The van der Waals surface area contributed by atoms with Crippen molar-refractivity contribution in [1.29, 1.82) is 0 Å². The zero-order valence-corrected chi connectivity index (χ0v) is 10.4. The third-order valence-corrected chi connectivity index (χ3v) is 3.35. The maximum Gasteiger partial charge on any atom is 0.254 e. The van der Waals surface area contributed by atoms with E-state index < -0.39 is 5.60 Å². The number of nitrogens with one attached hydrogen (secondary N) is 1. The van der Waals surface area contributed by atoms with Crippen LogP contribution >= 0.6 is 0 Å². The van der Waals surface area contributed by atoms with Crippen LogP contribution in [0.2, 0.25) is 0 Å². The van der Waals surface area contributed by atoms with Gasteiger partial charge in [-0.25, -0.2) is 0 Å². The van der Waals surface area contributed by atoms with Crippen LogP contribution in [0.5, 0.6) is 0 Å². The van der Waals surface area contributed by atoms with Gasteiger partial charge in [-0.15, -0.1) is 0 Å². The maximum atomic E-state index is 11.9. The molecule has 1 fully saturated rings. The Morgan fingerprint density at radius 2 is 2.35 bits per heavy atom. The van der Waals surface area contributed by atoms with E-state index >= 15 is 0 Å². The van der Waals surface area contributed by atoms with Crippen LogP contribution in [0.1, 0.15) is 42.2 Å². The molecule has 5 heteroatoms. The van der Waals surface area contributed by atoms with Crippen molar-refractivity contribution < 1.29 is 9.90 Å². The van der Waals surface area contributed by atoms with E-state index in [9.17, 15) is 9.90 Å². The molecule has 1 aliphatic carbocycles. The van der Waals surface area contributed by atoms with Crippen LogP contribution in [0, 0.1) is 0 Å². The van der Waals surface area contributed by atoms with Crippen molar-refractivity contribution in [2.75, 3.05) is 6.54 Å². The Kier molecular flexibility index (Phi) is 3.19. The molecule has 1 aromatic heterocycles. The Bertz CT molecular complexity index is 421. The number of carbonyl (C=O) groups is 1. The smallest absolute Gasteiger partial charge is 0.254 e. The highest BCUT2D eigenvalue weighted by atomic mass is 16.3. The zero-order valence-electron chi connectivity index (χ0n) is 10.4. The average Bonchev–Trinajstić information content (AvgIpc) is 2.64. The first-order chi connectivity index (χ1) is 8.04. The van der Waals surface area contributed by atoms with E-state index in [0.29, 0.717) is 12.1 Å². The molecular formula is C12H19N3O2. The minimum atomic E-state index is -0.676. The van der Waals surface area contributed by atoms with Gasteiger partial charge in [0.05, 0.1) is 16.9 Å². The molecule has 94 valence electrons. The van der Waals surface area contributed by atoms with E-state index in [1.54, 1.807) is 17.9 Å². The normalized spacial score (nSPS) is 17.6. The summed E-state index contributed by atoms with van der Waals surface area (Å²) in [5.74, 6) is -0.143. The lowest BCUT2D eigenvalue weighted by Crippen LogP contribution is -2.47. The largest absolute Gasteiger partial charge is 0.388 e. The minimum absolute atomic E-state index is 0.143. The molecule has 0 atom stereocenters. The second-order valence-corrected chi connectivity index (χ2v) is 4.78. The first kappa shape index (κ1) is 12.1. The Balaban J connectivity index is 1.99. The standard InChI is InChI=1S/C12H19N3O2/c1-3-10-9(7-15(2)14-10)11(16)13-8-12(17)5-4-6-12/h7,17H,3-6,8H2,1-2H3,(H,13,16). The van der Waals surface area contributed by atoms with Crippen molar-refractivity contribution >= 4 is 5.91 Å². The molecule has 17 heavy (non-hydrogen) atoms. The molecule has 1 aromatic rings. The predicted molar refractivity (Wildman–Crippen MR) is 63.7 cm³/mol. The summed E-state index contributed by atoms with van der Waals surface area (Å²) >= 11 is 0. The molecular weight excluding hydrogens is 218 g/mol. The number of aromatic nitrogens is 2. The molecule has 0 unspecified atom stereocenters. The van der Waals surface area contributed by atoms with Crippen LogP contribution < -0.4 is 5.32 Å². The number of hydrogen-bond acceptors (Lipinski definition) is 3. The first-order valence-corrected chi connectivity index (χ1v) is 6.07. The van der Waals surface area contributed by atoms with E-state index in [4.69, 9.17) is 0 Å². The quantitative estimate of drug-likeness (QED) is 0.807. The molecule has 0 aliphatic heterocycles. The van der Waals surface area contributed by atoms with E-state index in [2.05, 4.69) is 10.4 Å². The molecule has 1 heterocycles. The fourth-order valence-corrected chi connectivity index (χ4v) is 2.09. The lowest BCUT2D eigenvalue weighted by Gasteiger charge is -2.36. The van der Waals surface area contributed by atoms with Gasteiger partial charge in [-0.2, -0.15) is 5.10 Å². The van der Waals surface area contributed by atoms with Crippen molar-refractivity contribution in [2.45, 2.75) is 38.2 Å². The molecule has 1 amide bonds. The van der Waals surface area contributed by atoms with Gasteiger partial charge in [-0.1, -0.05) is 6.92 Å². The van der Waals surface area contributed by atoms with Crippen LogP contribution in [0.3, 0.4) is 0 Å². The van der Waals surface area contributed by atoms with Crippen molar-refractivity contribution in [1.82, 2.24) is 15.1 Å². The minimum Gasteiger partial charge on any atom is -0.388 e. The molecule has 2 N–H and O–H groups in total. The summed E-state index contributed by atoms with van der Waals surface area (Å²) in [4.78, 5) is 11.9. The molecule has 1 aliphatic rings. The van der Waals surface area contributed by atoms with Crippen molar-refractivity contribution in [2.24, 2.45) is 7.05 Å². The first-order valence-electron chi connectivity index (χ1n) is 6.07. The van der Waals surface area contributed by atoms with E-state index in [1.807, 2.05) is 6.92 Å². The number of aliphatic hydroxyl groups is 1.